The van der Waals surface area contributed by atoms with Crippen molar-refractivity contribution in [3.63, 3.8) is 0 Å². The molecule has 1 saturated heterocycles. The summed E-state index contributed by atoms with van der Waals surface area (Å²) >= 11 is 0. The molecule has 1 fully saturated rings. The maximum absolute atomic E-state index is 14.1. The number of hydrogen-bond acceptors (Lipinski definition) is 8. The highest BCUT2D eigenvalue weighted by molar-refractivity contribution is 5.72. The third kappa shape index (κ3) is 3.02. The molecule has 0 aromatic carbocycles. The highest BCUT2D eigenvalue weighted by Gasteiger charge is 2.56. The molecule has 24 heavy (non-hydrogen) atoms. The van der Waals surface area contributed by atoms with Crippen LogP contribution in [0.25, 0.3) is 0 Å². The van der Waals surface area contributed by atoms with Crippen molar-refractivity contribution in [1.82, 2.24) is 9.55 Å². The summed E-state index contributed by atoms with van der Waals surface area (Å²) in [6, 6.07) is 0. The van der Waals surface area contributed by atoms with Crippen LogP contribution >= 0.6 is 0 Å². The van der Waals surface area contributed by atoms with Gasteiger partial charge in [0.05, 0.1) is 0 Å². The number of esters is 1. The molecule has 2 heterocycles. The van der Waals surface area contributed by atoms with Crippen LogP contribution in [0.5, 0.6) is 5.88 Å². The minimum atomic E-state index is -2.95. The van der Waals surface area contributed by atoms with Crippen LogP contribution in [-0.4, -0.2) is 55.5 Å². The Hall–Kier alpha value is -2.32. The first-order valence-electron chi connectivity index (χ1n) is 6.91. The zero-order valence-electron chi connectivity index (χ0n) is 12.5. The van der Waals surface area contributed by atoms with Crippen molar-refractivity contribution < 1.29 is 34.0 Å². The van der Waals surface area contributed by atoms with E-state index in [2.05, 4.69) is 10.9 Å². The Morgan fingerprint density at radius 2 is 2.29 bits per heavy atom. The van der Waals surface area contributed by atoms with Gasteiger partial charge in [0.15, 0.2) is 6.23 Å². The van der Waals surface area contributed by atoms with Crippen molar-refractivity contribution in [2.24, 2.45) is 0 Å². The number of aliphatic hydroxyl groups is 3. The summed E-state index contributed by atoms with van der Waals surface area (Å²) in [7, 11) is 0. The summed E-state index contributed by atoms with van der Waals surface area (Å²) in [5, 5.41) is 28.4. The number of nitrogens with zero attached hydrogens (tertiary/aromatic N) is 2. The summed E-state index contributed by atoms with van der Waals surface area (Å²) in [6.07, 6.45) is 0.617. The molecule has 4 atom stereocenters. The molecule has 1 aliphatic heterocycles. The van der Waals surface area contributed by atoms with Gasteiger partial charge in [0.25, 0.3) is 5.85 Å². The Kier molecular flexibility index (Phi) is 5.00. The molecule has 0 amide bonds. The van der Waals surface area contributed by atoms with Gasteiger partial charge in [0.2, 0.25) is 5.88 Å². The Morgan fingerprint density at radius 1 is 1.62 bits per heavy atom. The Labute approximate surface area is 135 Å². The molecule has 0 aliphatic carbocycles. The summed E-state index contributed by atoms with van der Waals surface area (Å²) in [5.74, 6) is -1.90. The van der Waals surface area contributed by atoms with E-state index in [1.807, 2.05) is 0 Å². The molecule has 0 unspecified atom stereocenters. The van der Waals surface area contributed by atoms with Gasteiger partial charge in [-0.3, -0.25) is 9.36 Å². The van der Waals surface area contributed by atoms with Crippen molar-refractivity contribution in [3.8, 4) is 18.2 Å². The van der Waals surface area contributed by atoms with E-state index in [0.717, 1.165) is 6.20 Å². The maximum Gasteiger partial charge on any atom is 0.353 e. The van der Waals surface area contributed by atoms with Crippen LogP contribution < -0.4 is 10.4 Å². The zero-order chi connectivity index (χ0) is 18.1. The van der Waals surface area contributed by atoms with Gasteiger partial charge in [-0.25, -0.2) is 9.18 Å². The van der Waals surface area contributed by atoms with Crippen LogP contribution in [0.1, 0.15) is 25.1 Å². The predicted molar refractivity (Wildman–Crippen MR) is 75.4 cm³/mol. The van der Waals surface area contributed by atoms with Crippen molar-refractivity contribution in [2.45, 2.75) is 37.6 Å². The molecule has 0 bridgehead atoms. The monoisotopic (exact) mass is 342 g/mol. The molecule has 130 valence electrons. The first-order valence-corrected chi connectivity index (χ1v) is 6.91. The molecular weight excluding hydrogens is 327 g/mol. The molecule has 9 nitrogen and oxygen atoms in total. The largest absolute Gasteiger partial charge is 0.406 e. The second-order valence-electron chi connectivity index (χ2n) is 5.01. The van der Waals surface area contributed by atoms with Crippen molar-refractivity contribution in [1.29, 1.82) is 0 Å². The number of carbonyl (C=O) groups excluding carboxylic acids is 1. The van der Waals surface area contributed by atoms with Crippen LogP contribution in [0.3, 0.4) is 0 Å². The van der Waals surface area contributed by atoms with Crippen molar-refractivity contribution in [3.05, 3.63) is 22.2 Å². The number of halogens is 1. The quantitative estimate of drug-likeness (QED) is 0.443. The Balaban J connectivity index is 2.44. The summed E-state index contributed by atoms with van der Waals surface area (Å²) in [6.45, 7) is 0.289. The first kappa shape index (κ1) is 18.0. The lowest BCUT2D eigenvalue weighted by Crippen LogP contribution is -2.42. The van der Waals surface area contributed by atoms with E-state index in [4.69, 9.17) is 21.0 Å². The Morgan fingerprint density at radius 3 is 2.79 bits per heavy atom. The molecule has 1 aliphatic rings. The lowest BCUT2D eigenvalue weighted by Gasteiger charge is -2.20. The van der Waals surface area contributed by atoms with E-state index < -0.39 is 48.4 Å². The van der Waals surface area contributed by atoms with Gasteiger partial charge in [-0.1, -0.05) is 12.8 Å². The smallest absolute Gasteiger partial charge is 0.353 e. The highest BCUT2D eigenvalue weighted by atomic mass is 19.2. The minimum Gasteiger partial charge on any atom is -0.406 e. The van der Waals surface area contributed by atoms with Gasteiger partial charge in [-0.15, -0.1) is 6.42 Å². The molecule has 3 N–H and O–H groups in total. The SMILES string of the molecule is C#Cc1cn([C@@H]2O[C@](F)(CO)[C@@H](O)[C@H]2O)c(=O)nc1OC(=O)CC. The average Bonchev–Trinajstić information content (AvgIpc) is 2.80. The van der Waals surface area contributed by atoms with Crippen LogP contribution in [0.15, 0.2) is 11.0 Å². The number of alkyl halides is 1. The fourth-order valence-electron chi connectivity index (χ4n) is 2.10. The second kappa shape index (κ2) is 6.66. The highest BCUT2D eigenvalue weighted by Crippen LogP contribution is 2.37. The third-order valence-electron chi connectivity index (χ3n) is 3.44. The van der Waals surface area contributed by atoms with E-state index in [-0.39, 0.29) is 12.0 Å². The number of rotatable bonds is 4. The van der Waals surface area contributed by atoms with E-state index in [1.165, 1.54) is 6.92 Å². The summed E-state index contributed by atoms with van der Waals surface area (Å²) in [4.78, 5) is 26.8. The molecule has 2 rings (SSSR count). The molecular formula is C14H15FN2O7. The number of terminal acetylenes is 1. The van der Waals surface area contributed by atoms with Gasteiger partial charge in [-0.2, -0.15) is 4.98 Å². The van der Waals surface area contributed by atoms with Gasteiger partial charge in [0, 0.05) is 12.6 Å². The molecule has 1 aromatic heterocycles. The molecule has 10 heteroatoms. The van der Waals surface area contributed by atoms with Crippen molar-refractivity contribution in [2.75, 3.05) is 6.61 Å². The van der Waals surface area contributed by atoms with E-state index in [0.29, 0.717) is 4.57 Å². The number of ether oxygens (including phenoxy) is 2. The van der Waals surface area contributed by atoms with Crippen LogP contribution in [-0.2, 0) is 9.53 Å². The van der Waals surface area contributed by atoms with Gasteiger partial charge < -0.3 is 24.8 Å². The third-order valence-corrected chi connectivity index (χ3v) is 3.44. The number of carbonyl (C=O) groups is 1. The summed E-state index contributed by atoms with van der Waals surface area (Å²) in [5.41, 5.74) is -1.19. The number of aliphatic hydroxyl groups excluding tert-OH is 3. The molecule has 1 aromatic rings. The lowest BCUT2D eigenvalue weighted by molar-refractivity contribution is -0.207. The molecule has 0 spiro atoms. The van der Waals surface area contributed by atoms with Gasteiger partial charge in [0.1, 0.15) is 24.4 Å². The first-order chi connectivity index (χ1) is 11.3. The molecule has 0 saturated carbocycles. The average molecular weight is 342 g/mol. The number of hydrogen-bond donors (Lipinski definition) is 3. The van der Waals surface area contributed by atoms with E-state index in [9.17, 15) is 24.2 Å². The van der Waals surface area contributed by atoms with Gasteiger partial charge >= 0.3 is 11.7 Å². The van der Waals surface area contributed by atoms with Gasteiger partial charge in [-0.05, 0) is 0 Å². The number of aromatic nitrogens is 2. The van der Waals surface area contributed by atoms with Crippen LogP contribution in [0.2, 0.25) is 0 Å². The maximum atomic E-state index is 14.1. The topological polar surface area (TPSA) is 131 Å². The van der Waals surface area contributed by atoms with E-state index >= 15 is 0 Å². The standard InChI is InChI=1S/C14H15FN2O7/c1-3-7-5-17(13(22)16-11(7)23-8(19)4-2)12-9(20)10(21)14(15,6-18)24-12/h1,5,9-10,12,18,20-21H,4,6H2,2H3/t9-,10+,12-,14-/m1/s1. The lowest BCUT2D eigenvalue weighted by atomic mass is 10.1. The second-order valence-corrected chi connectivity index (χ2v) is 5.01. The minimum absolute atomic E-state index is 0.0201. The zero-order valence-corrected chi connectivity index (χ0v) is 12.5. The van der Waals surface area contributed by atoms with E-state index in [1.54, 1.807) is 0 Å². The Bertz CT molecular complexity index is 744. The predicted octanol–water partition coefficient (Wildman–Crippen LogP) is -1.55. The fourth-order valence-corrected chi connectivity index (χ4v) is 2.10. The summed E-state index contributed by atoms with van der Waals surface area (Å²) < 4.78 is 24.3. The van der Waals surface area contributed by atoms with Crippen molar-refractivity contribution >= 4 is 5.97 Å². The normalized spacial score (nSPS) is 29.2. The van der Waals surface area contributed by atoms with Crippen LogP contribution in [0, 0.1) is 12.3 Å². The molecule has 0 radical (unpaired) electrons. The fraction of sp³-hybridized carbons (Fsp3) is 0.500. The van der Waals surface area contributed by atoms with Crippen LogP contribution in [0.4, 0.5) is 4.39 Å².